The van der Waals surface area contributed by atoms with Crippen LogP contribution in [0.1, 0.15) is 30.4 Å². The predicted molar refractivity (Wildman–Crippen MR) is 115 cm³/mol. The molecule has 0 aliphatic carbocycles. The van der Waals surface area contributed by atoms with Crippen molar-refractivity contribution in [3.05, 3.63) is 35.4 Å². The maximum Gasteiger partial charge on any atom is 0.427 e. The summed E-state index contributed by atoms with van der Waals surface area (Å²) in [5, 5.41) is 8.88. The summed E-state index contributed by atoms with van der Waals surface area (Å²) in [4.78, 5) is 15.7. The number of carbonyl (C=O) groups is 1. The van der Waals surface area contributed by atoms with E-state index < -0.39 is 30.6 Å². The molecule has 33 heavy (non-hydrogen) atoms. The van der Waals surface area contributed by atoms with Crippen molar-refractivity contribution in [1.29, 1.82) is 0 Å². The van der Waals surface area contributed by atoms with E-state index in [4.69, 9.17) is 14.6 Å². The topological polar surface area (TPSA) is 71.5 Å². The fraction of sp³-hybridized carbons (Fsp3) is 0.696. The standard InChI is InChI=1S/C23H33F3N2O5/c1-17-5-3-4-6-18(17)7-10-28(16-31-2)19-13-22(32-15-19)8-11-27(12-9-22)21(30)33-20(14-29)23(24,25)26/h3-6,19-20,29H,7-16H2,1-2H3/t19?,20-/m1/s1. The van der Waals surface area contributed by atoms with E-state index >= 15 is 0 Å². The van der Waals surface area contributed by atoms with Crippen LogP contribution < -0.4 is 0 Å². The van der Waals surface area contributed by atoms with Crippen LogP contribution in [0.5, 0.6) is 0 Å². The number of ether oxygens (including phenoxy) is 3. The maximum atomic E-state index is 12.8. The number of nitrogens with zero attached hydrogens (tertiary/aromatic N) is 2. The van der Waals surface area contributed by atoms with Gasteiger partial charge in [0.2, 0.25) is 6.10 Å². The SMILES string of the molecule is COCN(CCc1ccccc1C)C1COC2(CCN(C(=O)O[C@H](CO)C(F)(F)F)CC2)C1. The summed E-state index contributed by atoms with van der Waals surface area (Å²) < 4.78 is 54.4. The normalized spacial score (nSPS) is 21.5. The van der Waals surface area contributed by atoms with E-state index in [0.717, 1.165) is 19.4 Å². The number of methoxy groups -OCH3 is 1. The largest absolute Gasteiger partial charge is 0.434 e. The van der Waals surface area contributed by atoms with Crippen molar-refractivity contribution in [2.45, 2.75) is 56.5 Å². The number of alkyl halides is 3. The molecule has 0 bridgehead atoms. The van der Waals surface area contributed by atoms with Gasteiger partial charge in [-0.3, -0.25) is 4.90 Å². The monoisotopic (exact) mass is 474 g/mol. The molecule has 2 heterocycles. The highest BCUT2D eigenvalue weighted by Crippen LogP contribution is 2.38. The van der Waals surface area contributed by atoms with Crippen molar-refractivity contribution in [2.75, 3.05) is 46.7 Å². The van der Waals surface area contributed by atoms with Crippen molar-refractivity contribution >= 4 is 6.09 Å². The third-order valence-electron chi connectivity index (χ3n) is 6.64. The van der Waals surface area contributed by atoms with E-state index in [2.05, 4.69) is 28.7 Å². The highest BCUT2D eigenvalue weighted by molar-refractivity contribution is 5.68. The Morgan fingerprint density at radius 1 is 1.33 bits per heavy atom. The molecule has 10 heteroatoms. The number of carbonyl (C=O) groups excluding carboxylic acids is 1. The van der Waals surface area contributed by atoms with Gasteiger partial charge in [-0.05, 0) is 43.7 Å². The van der Waals surface area contributed by atoms with Gasteiger partial charge in [-0.15, -0.1) is 0 Å². The lowest BCUT2D eigenvalue weighted by Crippen LogP contribution is -2.49. The minimum Gasteiger partial charge on any atom is -0.434 e. The second-order valence-electron chi connectivity index (χ2n) is 8.84. The van der Waals surface area contributed by atoms with Crippen LogP contribution in [0.2, 0.25) is 0 Å². The molecule has 2 aliphatic rings. The van der Waals surface area contributed by atoms with Crippen molar-refractivity contribution in [2.24, 2.45) is 0 Å². The predicted octanol–water partition coefficient (Wildman–Crippen LogP) is 3.13. The third kappa shape index (κ3) is 6.59. The highest BCUT2D eigenvalue weighted by atomic mass is 19.4. The first-order chi connectivity index (χ1) is 15.7. The molecule has 2 saturated heterocycles. The molecule has 0 aromatic heterocycles. The Labute approximate surface area is 192 Å². The molecule has 2 fully saturated rings. The summed E-state index contributed by atoms with van der Waals surface area (Å²) in [6, 6.07) is 8.45. The van der Waals surface area contributed by atoms with Crippen molar-refractivity contribution in [1.82, 2.24) is 9.80 Å². The van der Waals surface area contributed by atoms with Crippen LogP contribution >= 0.6 is 0 Å². The minimum atomic E-state index is -4.80. The zero-order chi connectivity index (χ0) is 24.1. The number of piperidine rings is 1. The molecule has 1 aromatic rings. The quantitative estimate of drug-likeness (QED) is 0.584. The average molecular weight is 475 g/mol. The van der Waals surface area contributed by atoms with E-state index in [1.165, 1.54) is 16.0 Å². The Morgan fingerprint density at radius 2 is 2.03 bits per heavy atom. The zero-order valence-electron chi connectivity index (χ0n) is 19.1. The Balaban J connectivity index is 1.53. The summed E-state index contributed by atoms with van der Waals surface area (Å²) in [7, 11) is 1.66. The Morgan fingerprint density at radius 3 is 2.64 bits per heavy atom. The summed E-state index contributed by atoms with van der Waals surface area (Å²) in [5.74, 6) is 0. The number of hydrogen-bond acceptors (Lipinski definition) is 6. The summed E-state index contributed by atoms with van der Waals surface area (Å²) in [5.41, 5.74) is 2.14. The lowest BCUT2D eigenvalue weighted by Gasteiger charge is -2.39. The fourth-order valence-corrected chi connectivity index (χ4v) is 4.58. The Bertz CT molecular complexity index is 784. The van der Waals surface area contributed by atoms with E-state index in [-0.39, 0.29) is 19.1 Å². The molecule has 0 radical (unpaired) electrons. The lowest BCUT2D eigenvalue weighted by atomic mass is 9.87. The highest BCUT2D eigenvalue weighted by Gasteiger charge is 2.47. The van der Waals surface area contributed by atoms with E-state index in [1.54, 1.807) is 7.11 Å². The van der Waals surface area contributed by atoms with Gasteiger partial charge in [-0.25, -0.2) is 4.79 Å². The van der Waals surface area contributed by atoms with Crippen LogP contribution in [0.4, 0.5) is 18.0 Å². The van der Waals surface area contributed by atoms with Crippen LogP contribution in [0.15, 0.2) is 24.3 Å². The molecule has 1 unspecified atom stereocenters. The molecule has 0 saturated carbocycles. The van der Waals surface area contributed by atoms with Crippen molar-refractivity contribution in [3.8, 4) is 0 Å². The van der Waals surface area contributed by atoms with Crippen LogP contribution in [0, 0.1) is 6.92 Å². The molecule has 2 aliphatic heterocycles. The first kappa shape index (κ1) is 25.7. The van der Waals surface area contributed by atoms with Crippen molar-refractivity contribution < 1.29 is 37.3 Å². The lowest BCUT2D eigenvalue weighted by molar-refractivity contribution is -0.215. The summed E-state index contributed by atoms with van der Waals surface area (Å²) in [6.07, 6.45) is -5.66. The van der Waals surface area contributed by atoms with Crippen LogP contribution in [-0.2, 0) is 20.6 Å². The summed E-state index contributed by atoms with van der Waals surface area (Å²) >= 11 is 0. The van der Waals surface area contributed by atoms with E-state index in [1.807, 2.05) is 12.1 Å². The zero-order valence-corrected chi connectivity index (χ0v) is 19.1. The van der Waals surface area contributed by atoms with Gasteiger partial charge in [0.25, 0.3) is 0 Å². The molecule has 1 spiro atoms. The first-order valence-electron chi connectivity index (χ1n) is 11.2. The van der Waals surface area contributed by atoms with Gasteiger partial charge in [0.1, 0.15) is 0 Å². The molecular formula is C23H33F3N2O5. The van der Waals surface area contributed by atoms with Gasteiger partial charge >= 0.3 is 12.3 Å². The fourth-order valence-electron chi connectivity index (χ4n) is 4.58. The molecule has 1 N–H and O–H groups in total. The van der Waals surface area contributed by atoms with Gasteiger partial charge in [-0.1, -0.05) is 24.3 Å². The number of aliphatic hydroxyl groups excluding tert-OH is 1. The number of amides is 1. The molecule has 7 nitrogen and oxygen atoms in total. The second-order valence-corrected chi connectivity index (χ2v) is 8.84. The third-order valence-corrected chi connectivity index (χ3v) is 6.64. The van der Waals surface area contributed by atoms with Crippen LogP contribution in [0.3, 0.4) is 0 Å². The van der Waals surface area contributed by atoms with Crippen molar-refractivity contribution in [3.63, 3.8) is 0 Å². The summed E-state index contributed by atoms with van der Waals surface area (Å²) in [6.45, 7) is 3.14. The molecule has 186 valence electrons. The molecule has 2 atom stereocenters. The number of aryl methyl sites for hydroxylation is 1. The number of hydrogen-bond donors (Lipinski definition) is 1. The average Bonchev–Trinajstić information content (AvgIpc) is 3.18. The second kappa shape index (κ2) is 11.0. The van der Waals surface area contributed by atoms with Gasteiger partial charge in [0.15, 0.2) is 0 Å². The van der Waals surface area contributed by atoms with Gasteiger partial charge < -0.3 is 24.2 Å². The Hall–Kier alpha value is -1.88. The molecular weight excluding hydrogens is 441 g/mol. The first-order valence-corrected chi connectivity index (χ1v) is 11.2. The number of benzene rings is 1. The number of rotatable bonds is 8. The van der Waals surface area contributed by atoms with Gasteiger partial charge in [0.05, 0.1) is 25.5 Å². The van der Waals surface area contributed by atoms with Crippen LogP contribution in [0.25, 0.3) is 0 Å². The van der Waals surface area contributed by atoms with E-state index in [0.29, 0.717) is 26.2 Å². The smallest absolute Gasteiger partial charge is 0.427 e. The Kier molecular flexibility index (Phi) is 8.60. The molecule has 3 rings (SSSR count). The number of halogens is 3. The molecule has 1 aromatic carbocycles. The number of likely N-dealkylation sites (tertiary alicyclic amines) is 1. The van der Waals surface area contributed by atoms with Gasteiger partial charge in [-0.2, -0.15) is 13.2 Å². The van der Waals surface area contributed by atoms with E-state index in [9.17, 15) is 18.0 Å². The van der Waals surface area contributed by atoms with Crippen LogP contribution in [-0.4, -0.2) is 91.6 Å². The minimum absolute atomic E-state index is 0.163. The number of aliphatic hydroxyl groups is 1. The molecule has 1 amide bonds. The maximum absolute atomic E-state index is 12.8. The van der Waals surface area contributed by atoms with Gasteiger partial charge in [0, 0.05) is 32.8 Å².